The lowest BCUT2D eigenvalue weighted by molar-refractivity contribution is -0.122. The van der Waals surface area contributed by atoms with E-state index in [2.05, 4.69) is 38.8 Å². The van der Waals surface area contributed by atoms with Gasteiger partial charge >= 0.3 is 11.9 Å². The van der Waals surface area contributed by atoms with Crippen LogP contribution in [0.3, 0.4) is 0 Å². The number of amides is 3. The van der Waals surface area contributed by atoms with E-state index >= 15 is 0 Å². The Morgan fingerprint density at radius 3 is 2.00 bits per heavy atom. The number of piperazine rings is 1. The Labute approximate surface area is 437 Å². The van der Waals surface area contributed by atoms with Crippen molar-refractivity contribution in [1.29, 1.82) is 0 Å². The number of anilines is 2. The summed E-state index contributed by atoms with van der Waals surface area (Å²) in [6.07, 6.45) is 16.7. The molecule has 5 rings (SSSR count). The molecule has 1 saturated carbocycles. The van der Waals surface area contributed by atoms with Gasteiger partial charge in [0.05, 0.1) is 12.2 Å². The van der Waals surface area contributed by atoms with Crippen molar-refractivity contribution in [3.8, 4) is 11.5 Å². The van der Waals surface area contributed by atoms with Crippen molar-refractivity contribution in [3.63, 3.8) is 0 Å². The van der Waals surface area contributed by atoms with E-state index < -0.39 is 18.0 Å². The number of carbonyl (C=O) groups excluding carboxylic acids is 5. The molecule has 0 aromatic heterocycles. The molecule has 1 saturated heterocycles. The second kappa shape index (κ2) is 35.0. The number of benzene rings is 3. The lowest BCUT2D eigenvalue weighted by atomic mass is 9.92. The molecule has 2 aliphatic rings. The summed E-state index contributed by atoms with van der Waals surface area (Å²) in [5.74, 6) is -1.85. The molecular formula is C57H86F2N5O8P. The summed E-state index contributed by atoms with van der Waals surface area (Å²) < 4.78 is 35.0. The molecule has 0 spiro atoms. The normalized spacial score (nSPS) is 14.6. The lowest BCUT2D eigenvalue weighted by Crippen LogP contribution is -2.45. The van der Waals surface area contributed by atoms with Gasteiger partial charge in [-0.3, -0.25) is 14.4 Å². The third kappa shape index (κ3) is 27.0. The van der Waals surface area contributed by atoms with Gasteiger partial charge in [-0.15, -0.1) is 6.58 Å². The molecule has 16 heteroatoms. The number of hydrogen-bond acceptors (Lipinski definition) is 10. The fraction of sp³-hybridized carbons (Fsp3) is 0.561. The molecule has 3 unspecified atom stereocenters. The van der Waals surface area contributed by atoms with Crippen molar-refractivity contribution < 1.29 is 47.3 Å². The molecule has 406 valence electrons. The Balaban J connectivity index is 0.000000350. The molecule has 3 amide bonds. The predicted molar refractivity (Wildman–Crippen MR) is 294 cm³/mol. The van der Waals surface area contributed by atoms with Crippen LogP contribution in [0.5, 0.6) is 11.5 Å². The predicted octanol–water partition coefficient (Wildman–Crippen LogP) is 12.3. The number of alkyl halides is 2. The number of unbranched alkanes of at least 4 members (excludes halogenated alkanes) is 6. The first-order chi connectivity index (χ1) is 34.6. The standard InChI is InChI=1S/C22H33NO3.C17H26N2O2.C10H18O.C8H9F2N2O2P/c24-18-10-5-3-1-2-4-9-17-23-22(25)19-13-15-21(16-14-19)26-20-11-7-6-8-12-20;1-12(2)17(21)14-6-5-7-15(16(14)13(3)20)19-10-8-18(4)9-11-19;1-5-10(11)9(4)7-6-8(2)3;9-8(10,15)14-6-3-1-5(2-4-6)12-7(11)13/h13-16,18,20H,1-12,17H2,(H,23,25);5-7,12-13,20H,8-11H2,1-4H3;9H,2,5-7H2,1,3-4H3;1-4H,15H2,(H3,11,12,13). The number of nitrogens with zero attached hydrogens (tertiary/aromatic N) is 2. The van der Waals surface area contributed by atoms with Crippen molar-refractivity contribution in [2.75, 3.05) is 50.0 Å². The van der Waals surface area contributed by atoms with E-state index in [4.69, 9.17) is 10.5 Å². The molecule has 3 atom stereocenters. The minimum atomic E-state index is -3.31. The number of aliphatic hydroxyl groups excluding tert-OH is 1. The fourth-order valence-electron chi connectivity index (χ4n) is 8.14. The Kier molecular flexibility index (Phi) is 30.7. The third-order valence-electron chi connectivity index (χ3n) is 12.4. The van der Waals surface area contributed by atoms with Crippen LogP contribution in [0.4, 0.5) is 25.0 Å². The zero-order valence-electron chi connectivity index (χ0n) is 44.7. The number of Topliss-reactive ketones (excluding diaryl/α,β-unsaturated/α-hetero) is 2. The zero-order chi connectivity index (χ0) is 54.3. The molecule has 3 aromatic carbocycles. The van der Waals surface area contributed by atoms with Gasteiger partial charge in [0.2, 0.25) is 0 Å². The van der Waals surface area contributed by atoms with Gasteiger partial charge in [0.25, 0.3) is 5.91 Å². The van der Waals surface area contributed by atoms with E-state index in [9.17, 15) is 37.9 Å². The van der Waals surface area contributed by atoms with Gasteiger partial charge in [-0.1, -0.05) is 77.5 Å². The van der Waals surface area contributed by atoms with Crippen LogP contribution in [-0.4, -0.2) is 91.5 Å². The Morgan fingerprint density at radius 1 is 0.877 bits per heavy atom. The Morgan fingerprint density at radius 2 is 1.47 bits per heavy atom. The number of aldehydes is 1. The van der Waals surface area contributed by atoms with Crippen molar-refractivity contribution >= 4 is 50.4 Å². The van der Waals surface area contributed by atoms with E-state index in [0.717, 1.165) is 101 Å². The molecule has 13 nitrogen and oxygen atoms in total. The van der Waals surface area contributed by atoms with E-state index in [1.54, 1.807) is 6.92 Å². The second-order valence-corrected chi connectivity index (χ2v) is 20.0. The van der Waals surface area contributed by atoms with Crippen LogP contribution in [0.1, 0.15) is 170 Å². The van der Waals surface area contributed by atoms with Gasteiger partial charge in [0.15, 0.2) is 5.78 Å². The highest BCUT2D eigenvalue weighted by Crippen LogP contribution is 2.32. The van der Waals surface area contributed by atoms with Crippen molar-refractivity contribution in [2.45, 2.75) is 156 Å². The first kappa shape index (κ1) is 63.9. The molecule has 5 N–H and O–H groups in total. The van der Waals surface area contributed by atoms with Crippen LogP contribution in [0, 0.1) is 11.8 Å². The monoisotopic (exact) mass is 1040 g/mol. The van der Waals surface area contributed by atoms with Gasteiger partial charge in [-0.05, 0) is 136 Å². The van der Waals surface area contributed by atoms with E-state index in [1.165, 1.54) is 71.2 Å². The number of ketones is 2. The van der Waals surface area contributed by atoms with Crippen LogP contribution in [-0.2, 0) is 9.59 Å². The summed E-state index contributed by atoms with van der Waals surface area (Å²) in [7, 11) is 3.37. The van der Waals surface area contributed by atoms with Gasteiger partial charge in [-0.2, -0.15) is 8.78 Å². The highest BCUT2D eigenvalue weighted by Gasteiger charge is 2.25. The van der Waals surface area contributed by atoms with Gasteiger partial charge in [-0.25, -0.2) is 4.79 Å². The quantitative estimate of drug-likeness (QED) is 0.0222. The number of nitrogens with one attached hydrogen (secondary N) is 2. The van der Waals surface area contributed by atoms with Crippen molar-refractivity contribution in [2.24, 2.45) is 17.6 Å². The van der Waals surface area contributed by atoms with Gasteiger partial charge in [0, 0.05) is 85.5 Å². The molecule has 73 heavy (non-hydrogen) atoms. The average molecular weight is 1040 g/mol. The van der Waals surface area contributed by atoms with E-state index in [1.807, 2.05) is 77.1 Å². The number of aliphatic hydroxyl groups is 1. The number of carbonyl (C=O) groups is 5. The number of ether oxygens (including phenoxy) is 2. The molecule has 1 aliphatic heterocycles. The van der Waals surface area contributed by atoms with Crippen LogP contribution in [0.15, 0.2) is 78.9 Å². The topological polar surface area (TPSA) is 181 Å². The Hall–Kier alpha value is -5.24. The van der Waals surface area contributed by atoms with Gasteiger partial charge in [0.1, 0.15) is 23.6 Å². The van der Waals surface area contributed by atoms with Crippen LogP contribution >= 0.6 is 9.24 Å². The maximum atomic E-state index is 12.4. The summed E-state index contributed by atoms with van der Waals surface area (Å²) in [6.45, 7) is 19.8. The van der Waals surface area contributed by atoms with E-state index in [-0.39, 0.29) is 29.3 Å². The number of likely N-dealkylation sites (N-methyl/N-ethyl adjacent to an activating group) is 1. The van der Waals surface area contributed by atoms with Gasteiger partial charge < -0.3 is 45.5 Å². The van der Waals surface area contributed by atoms with Crippen LogP contribution < -0.4 is 30.7 Å². The molecule has 2 fully saturated rings. The minimum Gasteiger partial charge on any atom is -0.490 e. The summed E-state index contributed by atoms with van der Waals surface area (Å²) in [5.41, 5.74) is 9.57. The first-order valence-electron chi connectivity index (χ1n) is 26.1. The molecular weight excluding hydrogens is 952 g/mol. The van der Waals surface area contributed by atoms with Crippen molar-refractivity contribution in [3.05, 3.63) is 95.6 Å². The van der Waals surface area contributed by atoms with Crippen LogP contribution in [0.2, 0.25) is 0 Å². The molecule has 0 bridgehead atoms. The van der Waals surface area contributed by atoms with Crippen LogP contribution in [0.25, 0.3) is 0 Å². The maximum absolute atomic E-state index is 12.4. The number of nitrogens with two attached hydrogens (primary N) is 1. The third-order valence-corrected chi connectivity index (χ3v) is 12.5. The smallest absolute Gasteiger partial charge is 0.408 e. The summed E-state index contributed by atoms with van der Waals surface area (Å²) in [4.78, 5) is 60.9. The second-order valence-electron chi connectivity index (χ2n) is 19.4. The molecule has 1 heterocycles. The molecule has 0 radical (unpaired) electrons. The summed E-state index contributed by atoms with van der Waals surface area (Å²) >= 11 is 0. The number of allylic oxidation sites excluding steroid dienone is 1. The number of halogens is 2. The number of primary amides is 1. The maximum Gasteiger partial charge on any atom is 0.408 e. The minimum absolute atomic E-state index is 0.00924. The highest BCUT2D eigenvalue weighted by atomic mass is 31.0. The number of rotatable bonds is 24. The van der Waals surface area contributed by atoms with E-state index in [0.29, 0.717) is 48.1 Å². The summed E-state index contributed by atoms with van der Waals surface area (Å²) in [6, 6.07) is 18.0. The zero-order valence-corrected chi connectivity index (χ0v) is 45.9. The number of urea groups is 1. The SMILES string of the molecule is C=C(C)CCC(C)C(=O)CC.CC(C)C(=O)c1cccc(N2CCN(C)CC2)c1C(C)O.NC(=O)Nc1ccc(OC(F)(F)P)cc1.O=CCCCCCCCCNC(=O)c1ccc(OC2CCCCC2)cc1. The number of hydrogen-bond donors (Lipinski definition) is 4. The average Bonchev–Trinajstić information content (AvgIpc) is 3.35. The highest BCUT2D eigenvalue weighted by molar-refractivity contribution is 7.17. The fourth-order valence-corrected chi connectivity index (χ4v) is 8.28. The van der Waals surface area contributed by atoms with Crippen molar-refractivity contribution in [1.82, 2.24) is 10.2 Å². The summed E-state index contributed by atoms with van der Waals surface area (Å²) in [5, 5.41) is 15.5. The lowest BCUT2D eigenvalue weighted by Gasteiger charge is -2.36. The largest absolute Gasteiger partial charge is 0.490 e. The first-order valence-corrected chi connectivity index (χ1v) is 26.7. The molecule has 1 aliphatic carbocycles. The molecule has 3 aromatic rings. The Bertz CT molecular complexity index is 2100.